The number of alkyl carbamates (subject to hydrolysis) is 1. The number of nitrogens with one attached hydrogen (secondary N) is 1. The van der Waals surface area contributed by atoms with Gasteiger partial charge in [0, 0.05) is 31.3 Å². The number of carbonyl (C=O) groups is 1. The van der Waals surface area contributed by atoms with E-state index in [0.717, 1.165) is 5.56 Å². The number of nitrogens with zero attached hydrogens (tertiary/aromatic N) is 2. The Kier molecular flexibility index (Phi) is 10.0. The van der Waals surface area contributed by atoms with E-state index in [9.17, 15) is 23.3 Å². The van der Waals surface area contributed by atoms with Crippen molar-refractivity contribution < 1.29 is 22.9 Å². The lowest BCUT2D eigenvalue weighted by atomic mass is 9.94. The molecule has 10 heteroatoms. The molecule has 0 radical (unpaired) electrons. The molecule has 0 aliphatic carbocycles. The first kappa shape index (κ1) is 29.3. The summed E-state index contributed by atoms with van der Waals surface area (Å²) in [5.74, 6) is -0.235. The van der Waals surface area contributed by atoms with E-state index in [2.05, 4.69) is 5.32 Å². The van der Waals surface area contributed by atoms with Crippen molar-refractivity contribution in [1.29, 1.82) is 0 Å². The molecule has 2 atom stereocenters. The van der Waals surface area contributed by atoms with Crippen molar-refractivity contribution in [3.05, 3.63) is 70.3 Å². The van der Waals surface area contributed by atoms with Crippen LogP contribution in [0.4, 0.5) is 10.5 Å². The highest BCUT2D eigenvalue weighted by Crippen LogP contribution is 2.23. The van der Waals surface area contributed by atoms with Crippen LogP contribution in [-0.2, 0) is 21.2 Å². The van der Waals surface area contributed by atoms with Gasteiger partial charge in [0.15, 0.2) is 0 Å². The maximum atomic E-state index is 13.5. The summed E-state index contributed by atoms with van der Waals surface area (Å²) in [6.45, 7) is 11.5. The quantitative estimate of drug-likeness (QED) is 0.329. The number of benzene rings is 2. The Morgan fingerprint density at radius 1 is 1.03 bits per heavy atom. The van der Waals surface area contributed by atoms with Crippen LogP contribution < -0.4 is 5.32 Å². The normalized spacial score (nSPS) is 13.9. The smallest absolute Gasteiger partial charge is 0.407 e. The van der Waals surface area contributed by atoms with E-state index in [1.165, 1.54) is 28.6 Å². The lowest BCUT2D eigenvalue weighted by Crippen LogP contribution is -2.48. The number of carbonyl (C=O) groups excluding carboxylic acids is 1. The standard InChI is InChI=1S/C26H37N3O6S/c1-19(2)17-28(36(33,34)23-14-12-22(13-15-23)29(31)32)18-20(3)24(16-21-10-8-7-9-11-21)27-25(30)35-26(4,5)6/h7-15,19-20,24H,16-18H2,1-6H3,(H,27,30)/t20-,24+/m1/s1. The van der Waals surface area contributed by atoms with Crippen molar-refractivity contribution in [2.45, 2.75) is 64.5 Å². The van der Waals surface area contributed by atoms with Gasteiger partial charge in [-0.05, 0) is 56.7 Å². The number of non-ortho nitro benzene ring substituents is 1. The molecule has 2 aromatic rings. The van der Waals surface area contributed by atoms with Crippen molar-refractivity contribution in [1.82, 2.24) is 9.62 Å². The molecule has 0 bridgehead atoms. The van der Waals surface area contributed by atoms with Crippen LogP contribution in [0, 0.1) is 22.0 Å². The zero-order chi connectivity index (χ0) is 27.1. The number of rotatable bonds is 11. The molecule has 0 aliphatic rings. The molecule has 36 heavy (non-hydrogen) atoms. The summed E-state index contributed by atoms with van der Waals surface area (Å²) in [6.07, 6.45) is -0.0714. The molecular weight excluding hydrogens is 482 g/mol. The van der Waals surface area contributed by atoms with E-state index >= 15 is 0 Å². The Labute approximate surface area is 214 Å². The molecule has 198 valence electrons. The number of ether oxygens (including phenoxy) is 1. The minimum absolute atomic E-state index is 0.0133. The molecule has 2 aromatic carbocycles. The van der Waals surface area contributed by atoms with Gasteiger partial charge in [0.05, 0.1) is 9.82 Å². The number of hydrogen-bond donors (Lipinski definition) is 1. The fourth-order valence-electron chi connectivity index (χ4n) is 3.74. The molecule has 0 aromatic heterocycles. The van der Waals surface area contributed by atoms with Gasteiger partial charge < -0.3 is 10.1 Å². The predicted octanol–water partition coefficient (Wildman–Crippen LogP) is 5.01. The zero-order valence-corrected chi connectivity index (χ0v) is 22.6. The number of hydrogen-bond acceptors (Lipinski definition) is 6. The van der Waals surface area contributed by atoms with Gasteiger partial charge in [0.25, 0.3) is 5.69 Å². The molecule has 0 spiro atoms. The second-order valence-electron chi connectivity index (χ2n) is 10.4. The van der Waals surface area contributed by atoms with Gasteiger partial charge in [0.2, 0.25) is 10.0 Å². The number of nitro benzene ring substituents is 1. The third kappa shape index (κ3) is 8.91. The summed E-state index contributed by atoms with van der Waals surface area (Å²) in [4.78, 5) is 23.0. The lowest BCUT2D eigenvalue weighted by molar-refractivity contribution is -0.384. The highest BCUT2D eigenvalue weighted by atomic mass is 32.2. The highest BCUT2D eigenvalue weighted by Gasteiger charge is 2.31. The van der Waals surface area contributed by atoms with Gasteiger partial charge >= 0.3 is 6.09 Å². The zero-order valence-electron chi connectivity index (χ0n) is 21.8. The van der Waals surface area contributed by atoms with Crippen molar-refractivity contribution in [3.63, 3.8) is 0 Å². The monoisotopic (exact) mass is 519 g/mol. The van der Waals surface area contributed by atoms with Gasteiger partial charge in [-0.2, -0.15) is 4.31 Å². The molecule has 0 unspecified atom stereocenters. The SMILES string of the molecule is CC(C)CN(C[C@@H](C)[C@H](Cc1ccccc1)NC(=O)OC(C)(C)C)S(=O)(=O)c1ccc([N+](=O)[O-])cc1. The van der Waals surface area contributed by atoms with Gasteiger partial charge in [-0.25, -0.2) is 13.2 Å². The van der Waals surface area contributed by atoms with Gasteiger partial charge in [-0.15, -0.1) is 0 Å². The molecule has 2 rings (SSSR count). The van der Waals surface area contributed by atoms with Crippen LogP contribution in [-0.4, -0.2) is 48.5 Å². The Bertz CT molecular complexity index is 1110. The Balaban J connectivity index is 2.33. The van der Waals surface area contributed by atoms with Crippen LogP contribution in [0.5, 0.6) is 0 Å². The summed E-state index contributed by atoms with van der Waals surface area (Å²) >= 11 is 0. The summed E-state index contributed by atoms with van der Waals surface area (Å²) < 4.78 is 33.9. The minimum Gasteiger partial charge on any atom is -0.444 e. The average molecular weight is 520 g/mol. The van der Waals surface area contributed by atoms with E-state index in [1.54, 1.807) is 20.8 Å². The van der Waals surface area contributed by atoms with Crippen LogP contribution in [0.25, 0.3) is 0 Å². The molecule has 0 fully saturated rings. The van der Waals surface area contributed by atoms with Crippen molar-refractivity contribution in [2.75, 3.05) is 13.1 Å². The van der Waals surface area contributed by atoms with Gasteiger partial charge in [-0.1, -0.05) is 51.1 Å². The summed E-state index contributed by atoms with van der Waals surface area (Å²) in [5, 5.41) is 13.9. The summed E-state index contributed by atoms with van der Waals surface area (Å²) in [6, 6.07) is 14.1. The largest absolute Gasteiger partial charge is 0.444 e. The van der Waals surface area contributed by atoms with Crippen LogP contribution in [0.3, 0.4) is 0 Å². The lowest BCUT2D eigenvalue weighted by Gasteiger charge is -2.32. The molecule has 1 amide bonds. The van der Waals surface area contributed by atoms with Crippen molar-refractivity contribution >= 4 is 21.8 Å². The van der Waals surface area contributed by atoms with E-state index in [4.69, 9.17) is 4.74 Å². The molecule has 0 heterocycles. The third-order valence-electron chi connectivity index (χ3n) is 5.43. The summed E-state index contributed by atoms with van der Waals surface area (Å²) in [7, 11) is -3.93. The minimum atomic E-state index is -3.93. The highest BCUT2D eigenvalue weighted by molar-refractivity contribution is 7.89. The molecule has 0 aliphatic heterocycles. The number of sulfonamides is 1. The summed E-state index contributed by atoms with van der Waals surface area (Å²) in [5.41, 5.74) is 0.148. The Morgan fingerprint density at radius 3 is 2.11 bits per heavy atom. The first-order valence-electron chi connectivity index (χ1n) is 12.0. The fourth-order valence-corrected chi connectivity index (χ4v) is 5.44. The first-order valence-corrected chi connectivity index (χ1v) is 13.4. The van der Waals surface area contributed by atoms with Crippen molar-refractivity contribution in [3.8, 4) is 0 Å². The van der Waals surface area contributed by atoms with E-state index < -0.39 is 32.7 Å². The Morgan fingerprint density at radius 2 is 1.61 bits per heavy atom. The predicted molar refractivity (Wildman–Crippen MR) is 139 cm³/mol. The van der Waals surface area contributed by atoms with E-state index in [0.29, 0.717) is 6.42 Å². The molecule has 0 saturated carbocycles. The maximum Gasteiger partial charge on any atom is 0.407 e. The second-order valence-corrected chi connectivity index (χ2v) is 12.3. The van der Waals surface area contributed by atoms with Crippen LogP contribution in [0.15, 0.2) is 59.5 Å². The molecule has 0 saturated heterocycles. The van der Waals surface area contributed by atoms with E-state index in [1.807, 2.05) is 51.1 Å². The average Bonchev–Trinajstić information content (AvgIpc) is 2.77. The maximum absolute atomic E-state index is 13.5. The van der Waals surface area contributed by atoms with Crippen LogP contribution >= 0.6 is 0 Å². The molecule has 9 nitrogen and oxygen atoms in total. The molecule has 1 N–H and O–H groups in total. The number of nitro groups is 1. The molecular formula is C26H37N3O6S. The van der Waals surface area contributed by atoms with Crippen molar-refractivity contribution in [2.24, 2.45) is 11.8 Å². The third-order valence-corrected chi connectivity index (χ3v) is 7.28. The topological polar surface area (TPSA) is 119 Å². The Hall–Kier alpha value is -2.98. The second kappa shape index (κ2) is 12.3. The van der Waals surface area contributed by atoms with Gasteiger partial charge in [0.1, 0.15) is 5.60 Å². The van der Waals surface area contributed by atoms with Crippen LogP contribution in [0.1, 0.15) is 47.1 Å². The number of amides is 1. The van der Waals surface area contributed by atoms with E-state index in [-0.39, 0.29) is 35.5 Å². The van der Waals surface area contributed by atoms with Crippen LogP contribution in [0.2, 0.25) is 0 Å². The first-order chi connectivity index (χ1) is 16.7. The van der Waals surface area contributed by atoms with Gasteiger partial charge in [-0.3, -0.25) is 10.1 Å². The fraction of sp³-hybridized carbons (Fsp3) is 0.500.